The Hall–Kier alpha value is -2.12. The molecule has 0 nitrogen and oxygen atoms in total. The Labute approximate surface area is 250 Å². The molecule has 0 amide bonds. The van der Waals surface area contributed by atoms with Crippen molar-refractivity contribution in [2.75, 3.05) is 0 Å². The van der Waals surface area contributed by atoms with Gasteiger partial charge in [0.2, 0.25) is 0 Å². The van der Waals surface area contributed by atoms with E-state index in [1.807, 2.05) is 6.58 Å². The van der Waals surface area contributed by atoms with Crippen molar-refractivity contribution in [1.82, 2.24) is 0 Å². The molecule has 0 saturated heterocycles. The molecule has 0 radical (unpaired) electrons. The first-order valence-electron chi connectivity index (χ1n) is 15.6. The second-order valence-corrected chi connectivity index (χ2v) is 23.5. The van der Waals surface area contributed by atoms with Gasteiger partial charge < -0.3 is 0 Å². The molecule has 40 heavy (non-hydrogen) atoms. The molecule has 1 fully saturated rings. The molecule has 6 rings (SSSR count). The maximum absolute atomic E-state index is 2.76. The molecule has 0 bridgehead atoms. The molecule has 0 spiro atoms. The fourth-order valence-corrected chi connectivity index (χ4v) is 22.0. The molecule has 3 aliphatic carbocycles. The molecule has 0 aromatic heterocycles. The number of rotatable bonds is 4. The number of benzene rings is 3. The van der Waals surface area contributed by atoms with Crippen LogP contribution in [0, 0.1) is 5.92 Å². The van der Waals surface area contributed by atoms with Gasteiger partial charge in [0, 0.05) is 0 Å². The second kappa shape index (κ2) is 10.9. The summed E-state index contributed by atoms with van der Waals surface area (Å²) in [6, 6.07) is 24.0. The quantitative estimate of drug-likeness (QED) is 0.187. The van der Waals surface area contributed by atoms with E-state index in [4.69, 9.17) is 0 Å². The van der Waals surface area contributed by atoms with Gasteiger partial charge in [-0.2, -0.15) is 0 Å². The van der Waals surface area contributed by atoms with Gasteiger partial charge >= 0.3 is 252 Å². The van der Waals surface area contributed by atoms with E-state index < -0.39 is 21.0 Å². The van der Waals surface area contributed by atoms with Crippen molar-refractivity contribution in [2.45, 2.75) is 94.6 Å². The molecule has 3 aliphatic rings. The van der Waals surface area contributed by atoms with Crippen molar-refractivity contribution in [3.63, 3.8) is 0 Å². The average Bonchev–Trinajstić information content (AvgIpc) is 3.59. The molecular weight excluding hydrogens is 647 g/mol. The van der Waals surface area contributed by atoms with Crippen molar-refractivity contribution in [2.24, 2.45) is 5.92 Å². The number of allylic oxidation sites excluding steroid dienone is 4. The first-order valence-corrected chi connectivity index (χ1v) is 21.2. The first-order chi connectivity index (χ1) is 19.1. The van der Waals surface area contributed by atoms with E-state index >= 15 is 0 Å². The topological polar surface area (TPSA) is 0 Å². The molecule has 3 aromatic rings. The SMILES string of the molecule is CC(C)(C)c1ccc2c(c1)Cc1c-2ccc(C(C)(C)C)[c]1[Hf-2](=[C](c1ccccc1)C1CCCCC1)[CH]1C=CC=C1. The fraction of sp³-hybridized carbons (Fsp3) is 0.410. The van der Waals surface area contributed by atoms with Crippen LogP contribution in [0.3, 0.4) is 0 Å². The van der Waals surface area contributed by atoms with Crippen LogP contribution in [0.15, 0.2) is 85.0 Å². The molecule has 0 atom stereocenters. The zero-order valence-electron chi connectivity index (χ0n) is 25.5. The average molecular weight is 693 g/mol. The Morgan fingerprint density at radius 1 is 0.725 bits per heavy atom. The van der Waals surface area contributed by atoms with Crippen LogP contribution in [-0.2, 0) is 38.2 Å². The molecule has 208 valence electrons. The van der Waals surface area contributed by atoms with Crippen LogP contribution in [0.4, 0.5) is 0 Å². The third-order valence-corrected chi connectivity index (χ3v) is 21.8. The summed E-state index contributed by atoms with van der Waals surface area (Å²) >= 11 is -2.76. The van der Waals surface area contributed by atoms with Crippen LogP contribution >= 0.6 is 0 Å². The van der Waals surface area contributed by atoms with Crippen molar-refractivity contribution in [1.29, 1.82) is 0 Å². The van der Waals surface area contributed by atoms with E-state index in [2.05, 4.69) is 127 Å². The maximum atomic E-state index is 2.57. The normalized spacial score (nSPS) is 18.6. The third kappa shape index (κ3) is 5.29. The fourth-order valence-electron chi connectivity index (χ4n) is 7.40. The summed E-state index contributed by atoms with van der Waals surface area (Å²) in [6.07, 6.45) is 17.8. The minimum atomic E-state index is -2.76. The number of hydrogen-bond acceptors (Lipinski definition) is 0. The van der Waals surface area contributed by atoms with Gasteiger partial charge in [-0.1, -0.05) is 0 Å². The van der Waals surface area contributed by atoms with E-state index in [0.717, 1.165) is 12.3 Å². The van der Waals surface area contributed by atoms with Gasteiger partial charge in [-0.3, -0.25) is 0 Å². The predicted octanol–water partition coefficient (Wildman–Crippen LogP) is 9.81. The standard InChI is InChI=1S/C21H25.C13H16.C5H5.Hf/c1-20(2,3)16-7-9-18-14(12-16)11-15-13-17(21(4,5)6)8-10-19(15)18;1-3-7-12(8-4-1)11-13-9-5-2-6-10-13;1-2-4-5-3-1;/h7-10,12H,11H2,1-6H3;1,3-4,7-8,13H,2,5-6,9-10H2;1-5H;/q;;;-2. The molecule has 0 unspecified atom stereocenters. The number of hydrogen-bond donors (Lipinski definition) is 0. The van der Waals surface area contributed by atoms with Gasteiger partial charge in [0.05, 0.1) is 0 Å². The van der Waals surface area contributed by atoms with E-state index in [0.29, 0.717) is 3.67 Å². The predicted molar refractivity (Wildman–Crippen MR) is 171 cm³/mol. The van der Waals surface area contributed by atoms with Crippen molar-refractivity contribution < 1.29 is 21.0 Å². The second-order valence-electron chi connectivity index (χ2n) is 14.4. The van der Waals surface area contributed by atoms with Gasteiger partial charge in [0.1, 0.15) is 0 Å². The van der Waals surface area contributed by atoms with Crippen molar-refractivity contribution in [3.05, 3.63) is 113 Å². The zero-order chi connectivity index (χ0) is 28.1. The summed E-state index contributed by atoms with van der Waals surface area (Å²) < 4.78 is 4.33. The summed E-state index contributed by atoms with van der Waals surface area (Å²) in [6.45, 7) is 14.4. The van der Waals surface area contributed by atoms with E-state index in [1.54, 1.807) is 16.7 Å². The third-order valence-electron chi connectivity index (χ3n) is 9.49. The Kier molecular flexibility index (Phi) is 7.66. The van der Waals surface area contributed by atoms with Crippen molar-refractivity contribution >= 4 is 6.58 Å². The van der Waals surface area contributed by atoms with Crippen LogP contribution < -0.4 is 3.32 Å². The Morgan fingerprint density at radius 3 is 2.05 bits per heavy atom. The summed E-state index contributed by atoms with van der Waals surface area (Å²) in [5, 5.41) is 0. The molecule has 1 saturated carbocycles. The Balaban J connectivity index is 1.67. The molecular formula is C39H46Hf-2. The van der Waals surface area contributed by atoms with Gasteiger partial charge in [0.15, 0.2) is 0 Å². The van der Waals surface area contributed by atoms with Crippen LogP contribution in [0.25, 0.3) is 11.1 Å². The molecule has 0 aliphatic heterocycles. The van der Waals surface area contributed by atoms with Gasteiger partial charge in [0.25, 0.3) is 0 Å². The van der Waals surface area contributed by atoms with Crippen molar-refractivity contribution in [3.8, 4) is 11.1 Å². The monoisotopic (exact) mass is 694 g/mol. The van der Waals surface area contributed by atoms with Gasteiger partial charge in [-0.25, -0.2) is 0 Å². The van der Waals surface area contributed by atoms with Gasteiger partial charge in [-0.15, -0.1) is 0 Å². The zero-order valence-corrected chi connectivity index (χ0v) is 29.1. The van der Waals surface area contributed by atoms with E-state index in [-0.39, 0.29) is 10.8 Å². The molecule has 0 N–H and O–H groups in total. The van der Waals surface area contributed by atoms with Crippen LogP contribution in [0.1, 0.15) is 101 Å². The summed E-state index contributed by atoms with van der Waals surface area (Å²) in [5.74, 6) is 0.737. The number of fused-ring (bicyclic) bond motifs is 3. The Bertz CT molecular complexity index is 1480. The van der Waals surface area contributed by atoms with E-state index in [1.165, 1.54) is 54.4 Å². The minimum absolute atomic E-state index is 0.117. The van der Waals surface area contributed by atoms with Gasteiger partial charge in [-0.05, 0) is 0 Å². The van der Waals surface area contributed by atoms with Crippen LogP contribution in [0.5, 0.6) is 0 Å². The summed E-state index contributed by atoms with van der Waals surface area (Å²) in [7, 11) is 0. The Morgan fingerprint density at radius 2 is 1.40 bits per heavy atom. The molecule has 3 aromatic carbocycles. The molecule has 0 heterocycles. The van der Waals surface area contributed by atoms with E-state index in [9.17, 15) is 0 Å². The summed E-state index contributed by atoms with van der Waals surface area (Å²) in [5.41, 5.74) is 11.1. The molecule has 1 heteroatoms. The van der Waals surface area contributed by atoms with Crippen LogP contribution in [0.2, 0.25) is 3.67 Å². The van der Waals surface area contributed by atoms with Crippen LogP contribution in [-0.4, -0.2) is 3.26 Å². The first kappa shape index (κ1) is 28.0. The summed E-state index contributed by atoms with van der Waals surface area (Å²) in [4.78, 5) is 0.